The molecule has 1 saturated heterocycles. The first-order valence-electron chi connectivity index (χ1n) is 7.11. The molecule has 1 aliphatic heterocycles. The van der Waals surface area contributed by atoms with Crippen molar-refractivity contribution < 1.29 is 9.90 Å². The molecule has 1 aliphatic carbocycles. The number of nitrogens with zero attached hydrogens (tertiary/aromatic N) is 2. The molecule has 2 rings (SSSR count). The number of carboxylic acid groups (broad SMARTS) is 1. The Labute approximate surface area is 109 Å². The van der Waals surface area contributed by atoms with Gasteiger partial charge in [0.25, 0.3) is 0 Å². The van der Waals surface area contributed by atoms with Gasteiger partial charge >= 0.3 is 5.97 Å². The normalized spacial score (nSPS) is 25.4. The molecule has 0 radical (unpaired) electrons. The highest BCUT2D eigenvalue weighted by Crippen LogP contribution is 2.24. The van der Waals surface area contributed by atoms with Crippen LogP contribution in [0.4, 0.5) is 0 Å². The molecule has 0 amide bonds. The molecule has 0 aromatic carbocycles. The van der Waals surface area contributed by atoms with E-state index in [9.17, 15) is 4.79 Å². The smallest absolute Gasteiger partial charge is 0.320 e. The van der Waals surface area contributed by atoms with Gasteiger partial charge in [0.15, 0.2) is 0 Å². The molecule has 0 aromatic heterocycles. The van der Waals surface area contributed by atoms with Crippen molar-refractivity contribution in [1.82, 2.24) is 9.80 Å². The Morgan fingerprint density at radius 1 is 1.22 bits per heavy atom. The van der Waals surface area contributed by atoms with Crippen molar-refractivity contribution in [3.63, 3.8) is 0 Å². The predicted molar refractivity (Wildman–Crippen MR) is 70.5 cm³/mol. The molecule has 3 N–H and O–H groups in total. The molecule has 1 heterocycles. The third-order valence-electron chi connectivity index (χ3n) is 4.32. The van der Waals surface area contributed by atoms with Gasteiger partial charge < -0.3 is 15.7 Å². The maximum Gasteiger partial charge on any atom is 0.320 e. The molecule has 1 saturated carbocycles. The van der Waals surface area contributed by atoms with E-state index in [0.717, 1.165) is 38.8 Å². The molecular weight excluding hydrogens is 230 g/mol. The lowest BCUT2D eigenvalue weighted by Crippen LogP contribution is -2.50. The Bertz CT molecular complexity index is 271. The molecule has 104 valence electrons. The van der Waals surface area contributed by atoms with E-state index >= 15 is 0 Å². The number of piperazine rings is 1. The maximum absolute atomic E-state index is 10.6. The highest BCUT2D eigenvalue weighted by Gasteiger charge is 2.26. The minimum atomic E-state index is -0.889. The Balaban J connectivity index is 1.65. The summed E-state index contributed by atoms with van der Waals surface area (Å²) in [5.74, 6) is -0.889. The molecule has 5 heteroatoms. The van der Waals surface area contributed by atoms with Crippen molar-refractivity contribution >= 4 is 5.97 Å². The average molecular weight is 255 g/mol. The Hall–Kier alpha value is -0.650. The van der Waals surface area contributed by atoms with Crippen LogP contribution in [0, 0.1) is 0 Å². The summed E-state index contributed by atoms with van der Waals surface area (Å²) in [7, 11) is 0. The second kappa shape index (κ2) is 6.50. The standard InChI is InChI=1S/C13H25N3O2/c14-12(13(17)18)5-6-15-7-9-16(10-8-15)11-3-1-2-4-11/h11-12H,1-10,14H2,(H,17,18). The van der Waals surface area contributed by atoms with Crippen molar-refractivity contribution in [3.05, 3.63) is 0 Å². The van der Waals surface area contributed by atoms with E-state index in [4.69, 9.17) is 10.8 Å². The van der Waals surface area contributed by atoms with Crippen LogP contribution in [-0.4, -0.2) is 65.7 Å². The second-order valence-electron chi connectivity index (χ2n) is 5.55. The highest BCUT2D eigenvalue weighted by molar-refractivity contribution is 5.72. The highest BCUT2D eigenvalue weighted by atomic mass is 16.4. The quantitative estimate of drug-likeness (QED) is 0.742. The molecule has 1 unspecified atom stereocenters. The number of carboxylic acids is 1. The summed E-state index contributed by atoms with van der Waals surface area (Å²) in [6, 6.07) is 0.103. The average Bonchev–Trinajstić information content (AvgIpc) is 2.90. The van der Waals surface area contributed by atoms with Crippen LogP contribution in [0.15, 0.2) is 0 Å². The first kappa shape index (κ1) is 13.8. The largest absolute Gasteiger partial charge is 0.480 e. The van der Waals surface area contributed by atoms with Crippen molar-refractivity contribution in [2.24, 2.45) is 5.73 Å². The fraction of sp³-hybridized carbons (Fsp3) is 0.923. The van der Waals surface area contributed by atoms with Gasteiger partial charge in [-0.3, -0.25) is 9.69 Å². The lowest BCUT2D eigenvalue weighted by atomic mass is 10.1. The SMILES string of the molecule is NC(CCN1CCN(C2CCCC2)CC1)C(=O)O. The fourth-order valence-electron chi connectivity index (χ4n) is 3.07. The van der Waals surface area contributed by atoms with E-state index in [0.29, 0.717) is 6.42 Å². The van der Waals surface area contributed by atoms with Crippen LogP contribution < -0.4 is 5.73 Å². The van der Waals surface area contributed by atoms with E-state index in [1.54, 1.807) is 0 Å². The number of hydrogen-bond donors (Lipinski definition) is 2. The van der Waals surface area contributed by atoms with Crippen LogP contribution in [0.2, 0.25) is 0 Å². The topological polar surface area (TPSA) is 69.8 Å². The Morgan fingerprint density at radius 2 is 1.83 bits per heavy atom. The van der Waals surface area contributed by atoms with Crippen LogP contribution in [0.25, 0.3) is 0 Å². The molecule has 2 aliphatic rings. The van der Waals surface area contributed by atoms with E-state index in [2.05, 4.69) is 9.80 Å². The summed E-state index contributed by atoms with van der Waals surface area (Å²) in [6.07, 6.45) is 6.06. The third-order valence-corrected chi connectivity index (χ3v) is 4.32. The number of nitrogens with two attached hydrogens (primary N) is 1. The van der Waals surface area contributed by atoms with Gasteiger partial charge in [-0.25, -0.2) is 0 Å². The van der Waals surface area contributed by atoms with Gasteiger partial charge in [-0.2, -0.15) is 0 Å². The monoisotopic (exact) mass is 255 g/mol. The van der Waals surface area contributed by atoms with Crippen LogP contribution in [-0.2, 0) is 4.79 Å². The summed E-state index contributed by atoms with van der Waals surface area (Å²) in [5, 5.41) is 8.75. The van der Waals surface area contributed by atoms with Crippen LogP contribution in [0.5, 0.6) is 0 Å². The van der Waals surface area contributed by atoms with Crippen molar-refractivity contribution in [1.29, 1.82) is 0 Å². The zero-order chi connectivity index (χ0) is 13.0. The van der Waals surface area contributed by atoms with E-state index in [-0.39, 0.29) is 0 Å². The predicted octanol–water partition coefficient (Wildman–Crippen LogP) is 0.349. The molecule has 2 fully saturated rings. The summed E-state index contributed by atoms with van der Waals surface area (Å²) in [5.41, 5.74) is 5.52. The minimum absolute atomic E-state index is 0.554. The Morgan fingerprint density at radius 3 is 2.39 bits per heavy atom. The fourth-order valence-corrected chi connectivity index (χ4v) is 3.07. The first-order valence-corrected chi connectivity index (χ1v) is 7.11. The van der Waals surface area contributed by atoms with Crippen LogP contribution in [0.1, 0.15) is 32.1 Å². The van der Waals surface area contributed by atoms with Crippen molar-refractivity contribution in [3.8, 4) is 0 Å². The molecule has 0 aromatic rings. The van der Waals surface area contributed by atoms with Crippen LogP contribution in [0.3, 0.4) is 0 Å². The number of rotatable bonds is 5. The maximum atomic E-state index is 10.6. The van der Waals surface area contributed by atoms with Gasteiger partial charge in [0, 0.05) is 38.8 Å². The molecule has 5 nitrogen and oxygen atoms in total. The van der Waals surface area contributed by atoms with Gasteiger partial charge in [0.05, 0.1) is 0 Å². The van der Waals surface area contributed by atoms with Gasteiger partial charge in [-0.1, -0.05) is 12.8 Å². The molecule has 0 spiro atoms. The Kier molecular flexibility index (Phi) is 4.97. The van der Waals surface area contributed by atoms with E-state index in [1.165, 1.54) is 25.7 Å². The van der Waals surface area contributed by atoms with E-state index < -0.39 is 12.0 Å². The zero-order valence-electron chi connectivity index (χ0n) is 11.1. The van der Waals surface area contributed by atoms with E-state index in [1.807, 2.05) is 0 Å². The summed E-state index contributed by atoms with van der Waals surface area (Å²) in [6.45, 7) is 5.19. The minimum Gasteiger partial charge on any atom is -0.480 e. The van der Waals surface area contributed by atoms with Crippen molar-refractivity contribution in [2.75, 3.05) is 32.7 Å². The molecule has 1 atom stereocenters. The summed E-state index contributed by atoms with van der Waals surface area (Å²) >= 11 is 0. The van der Waals surface area contributed by atoms with Gasteiger partial charge in [-0.05, 0) is 19.3 Å². The van der Waals surface area contributed by atoms with Gasteiger partial charge in [0.2, 0.25) is 0 Å². The lowest BCUT2D eigenvalue weighted by Gasteiger charge is -2.38. The molecular formula is C13H25N3O2. The molecule has 0 bridgehead atoms. The summed E-state index contributed by atoms with van der Waals surface area (Å²) in [4.78, 5) is 15.6. The van der Waals surface area contributed by atoms with Crippen molar-refractivity contribution in [2.45, 2.75) is 44.2 Å². The third kappa shape index (κ3) is 3.67. The molecule has 18 heavy (non-hydrogen) atoms. The second-order valence-corrected chi connectivity index (χ2v) is 5.55. The number of carbonyl (C=O) groups is 1. The summed E-state index contributed by atoms with van der Waals surface area (Å²) < 4.78 is 0. The number of aliphatic carboxylic acids is 1. The lowest BCUT2D eigenvalue weighted by molar-refractivity contribution is -0.138. The number of hydrogen-bond acceptors (Lipinski definition) is 4. The van der Waals surface area contributed by atoms with Gasteiger partial charge in [-0.15, -0.1) is 0 Å². The van der Waals surface area contributed by atoms with Gasteiger partial charge in [0.1, 0.15) is 6.04 Å². The first-order chi connectivity index (χ1) is 8.66. The van der Waals surface area contributed by atoms with Crippen LogP contribution >= 0.6 is 0 Å². The zero-order valence-corrected chi connectivity index (χ0v) is 11.1.